The molecule has 0 aliphatic rings. The summed E-state index contributed by atoms with van der Waals surface area (Å²) in [4.78, 5) is 12.9. The van der Waals surface area contributed by atoms with Crippen molar-refractivity contribution in [2.45, 2.75) is 25.9 Å². The number of para-hydroxylation sites is 1. The van der Waals surface area contributed by atoms with Crippen LogP contribution in [0.3, 0.4) is 0 Å². The summed E-state index contributed by atoms with van der Waals surface area (Å²) in [5, 5.41) is 7.34. The van der Waals surface area contributed by atoms with Crippen LogP contribution in [0, 0.1) is 0 Å². The predicted octanol–water partition coefficient (Wildman–Crippen LogP) is 4.26. The van der Waals surface area contributed by atoms with E-state index in [1.54, 1.807) is 0 Å². The van der Waals surface area contributed by atoms with E-state index in [-0.39, 0.29) is 18.0 Å². The average molecular weight is 369 g/mol. The van der Waals surface area contributed by atoms with Gasteiger partial charge in [0.05, 0.1) is 6.04 Å². The van der Waals surface area contributed by atoms with Crippen molar-refractivity contribution < 1.29 is 0 Å². The zero-order chi connectivity index (χ0) is 18.5. The van der Waals surface area contributed by atoms with Crippen LogP contribution in [0.4, 0.5) is 17.6 Å². The Hall–Kier alpha value is -2.70. The molecular formula is C19H21ClN6. The molecule has 0 saturated carbocycles. The van der Waals surface area contributed by atoms with Crippen molar-refractivity contribution in [3.05, 3.63) is 71.0 Å². The fourth-order valence-corrected chi connectivity index (χ4v) is 2.73. The van der Waals surface area contributed by atoms with Crippen molar-refractivity contribution in [3.8, 4) is 0 Å². The van der Waals surface area contributed by atoms with Crippen molar-refractivity contribution in [1.82, 2.24) is 20.3 Å². The minimum atomic E-state index is -0.109. The van der Waals surface area contributed by atoms with Crippen LogP contribution < -0.4 is 16.4 Å². The molecule has 2 aromatic carbocycles. The summed E-state index contributed by atoms with van der Waals surface area (Å²) in [6.45, 7) is 4.07. The van der Waals surface area contributed by atoms with Gasteiger partial charge in [-0.05, 0) is 43.7 Å². The van der Waals surface area contributed by atoms with Gasteiger partial charge in [-0.15, -0.1) is 0 Å². The van der Waals surface area contributed by atoms with Crippen molar-refractivity contribution in [1.29, 1.82) is 0 Å². The molecule has 3 rings (SSSR count). The number of rotatable bonds is 6. The zero-order valence-corrected chi connectivity index (χ0v) is 15.4. The molecule has 0 bridgehead atoms. The second-order valence-electron chi connectivity index (χ2n) is 6.03. The van der Waals surface area contributed by atoms with Crippen LogP contribution in [0.5, 0.6) is 0 Å². The van der Waals surface area contributed by atoms with E-state index in [0.29, 0.717) is 11.8 Å². The van der Waals surface area contributed by atoms with Gasteiger partial charge in [-0.25, -0.2) is 0 Å². The number of halogens is 1. The van der Waals surface area contributed by atoms with Crippen LogP contribution in [-0.2, 0) is 0 Å². The van der Waals surface area contributed by atoms with Crippen molar-refractivity contribution >= 4 is 29.2 Å². The molecule has 134 valence electrons. The molecule has 1 aromatic heterocycles. The molecule has 0 aliphatic heterocycles. The molecule has 0 radical (unpaired) electrons. The number of hydrogen-bond acceptors (Lipinski definition) is 6. The van der Waals surface area contributed by atoms with Gasteiger partial charge >= 0.3 is 0 Å². The van der Waals surface area contributed by atoms with E-state index in [4.69, 9.17) is 17.3 Å². The van der Waals surface area contributed by atoms with Crippen LogP contribution in [0.1, 0.15) is 37.3 Å². The van der Waals surface area contributed by atoms with Gasteiger partial charge in [0.2, 0.25) is 11.9 Å². The predicted molar refractivity (Wildman–Crippen MR) is 105 cm³/mol. The van der Waals surface area contributed by atoms with E-state index in [9.17, 15) is 0 Å². The summed E-state index contributed by atoms with van der Waals surface area (Å²) in [7, 11) is 0. The van der Waals surface area contributed by atoms with Crippen molar-refractivity contribution in [3.63, 3.8) is 0 Å². The summed E-state index contributed by atoms with van der Waals surface area (Å²) in [5.74, 6) is 1.18. The van der Waals surface area contributed by atoms with Gasteiger partial charge in [-0.1, -0.05) is 41.9 Å². The highest BCUT2D eigenvalue weighted by molar-refractivity contribution is 6.30. The number of nitrogen functional groups attached to an aromatic ring is 1. The Kier molecular flexibility index (Phi) is 5.65. The highest BCUT2D eigenvalue weighted by Crippen LogP contribution is 2.21. The molecule has 0 amide bonds. The van der Waals surface area contributed by atoms with Gasteiger partial charge in [0.15, 0.2) is 5.82 Å². The van der Waals surface area contributed by atoms with Gasteiger partial charge in [0.1, 0.15) is 0 Å². The van der Waals surface area contributed by atoms with E-state index < -0.39 is 0 Å². The molecule has 26 heavy (non-hydrogen) atoms. The van der Waals surface area contributed by atoms with Crippen molar-refractivity contribution in [2.24, 2.45) is 0 Å². The Morgan fingerprint density at radius 1 is 0.885 bits per heavy atom. The lowest BCUT2D eigenvalue weighted by Gasteiger charge is -2.20. The van der Waals surface area contributed by atoms with Gasteiger partial charge in [0.25, 0.3) is 0 Å². The monoisotopic (exact) mass is 368 g/mol. The van der Waals surface area contributed by atoms with Crippen LogP contribution in [0.25, 0.3) is 0 Å². The lowest BCUT2D eigenvalue weighted by molar-refractivity contribution is 0.476. The number of hydrogen-bond donors (Lipinski definition) is 3. The molecule has 4 N–H and O–H groups in total. The molecule has 0 saturated heterocycles. The zero-order valence-electron chi connectivity index (χ0n) is 14.6. The summed E-state index contributed by atoms with van der Waals surface area (Å²) >= 11 is 5.95. The van der Waals surface area contributed by atoms with E-state index in [1.807, 2.05) is 61.5 Å². The fraction of sp³-hybridized carbons (Fsp3) is 0.211. The normalized spacial score (nSPS) is 13.2. The summed E-state index contributed by atoms with van der Waals surface area (Å²) in [6.07, 6.45) is 0. The molecule has 0 aliphatic carbocycles. The molecule has 7 heteroatoms. The minimum absolute atomic E-state index is 0.103. The van der Waals surface area contributed by atoms with Crippen molar-refractivity contribution in [2.75, 3.05) is 11.1 Å². The fourth-order valence-electron chi connectivity index (χ4n) is 2.61. The third-order valence-electron chi connectivity index (χ3n) is 3.96. The highest BCUT2D eigenvalue weighted by atomic mass is 35.5. The Balaban J connectivity index is 1.74. The number of benzene rings is 2. The number of nitrogens with two attached hydrogens (primary N) is 1. The maximum Gasteiger partial charge on any atom is 0.232 e. The van der Waals surface area contributed by atoms with Crippen LogP contribution in [0.15, 0.2) is 54.6 Å². The Labute approximate surface area is 157 Å². The Morgan fingerprint density at radius 2 is 1.58 bits per heavy atom. The SMILES string of the molecule is C[C@H](N[C@H](C)c1nc(N)nc(Nc2ccccc2)n1)c1ccc(Cl)cc1. The minimum Gasteiger partial charge on any atom is -0.368 e. The largest absolute Gasteiger partial charge is 0.368 e. The second-order valence-corrected chi connectivity index (χ2v) is 6.46. The first-order valence-electron chi connectivity index (χ1n) is 8.36. The first-order valence-corrected chi connectivity index (χ1v) is 8.74. The molecule has 1 heterocycles. The van der Waals surface area contributed by atoms with Crippen LogP contribution in [-0.4, -0.2) is 15.0 Å². The number of nitrogens with zero attached hydrogens (tertiary/aromatic N) is 3. The van der Waals surface area contributed by atoms with Gasteiger partial charge in [0, 0.05) is 16.8 Å². The summed E-state index contributed by atoms with van der Waals surface area (Å²) in [6, 6.07) is 17.4. The maximum absolute atomic E-state index is 5.95. The maximum atomic E-state index is 5.95. The third kappa shape index (κ3) is 4.68. The Morgan fingerprint density at radius 3 is 2.27 bits per heavy atom. The molecule has 0 spiro atoms. The smallest absolute Gasteiger partial charge is 0.232 e. The molecule has 0 fully saturated rings. The average Bonchev–Trinajstić information content (AvgIpc) is 2.62. The van der Waals surface area contributed by atoms with Gasteiger partial charge in [-0.2, -0.15) is 15.0 Å². The number of aromatic nitrogens is 3. The third-order valence-corrected chi connectivity index (χ3v) is 4.21. The molecular weight excluding hydrogens is 348 g/mol. The first-order chi connectivity index (χ1) is 12.5. The number of nitrogens with one attached hydrogen (secondary N) is 2. The Bertz CT molecular complexity index is 854. The molecule has 2 atom stereocenters. The lowest BCUT2D eigenvalue weighted by Crippen LogP contribution is -2.25. The van der Waals surface area contributed by atoms with E-state index in [1.165, 1.54) is 0 Å². The highest BCUT2D eigenvalue weighted by Gasteiger charge is 2.15. The van der Waals surface area contributed by atoms with Crippen LogP contribution >= 0.6 is 11.6 Å². The quantitative estimate of drug-likeness (QED) is 0.602. The van der Waals surface area contributed by atoms with Gasteiger partial charge in [-0.3, -0.25) is 0 Å². The van der Waals surface area contributed by atoms with E-state index in [2.05, 4.69) is 32.5 Å². The standard InChI is InChI=1S/C19H21ClN6/c1-12(14-8-10-15(20)11-9-14)22-13(2)17-24-18(21)26-19(25-17)23-16-6-4-3-5-7-16/h3-13,22H,1-2H3,(H3,21,23,24,25,26)/t12-,13+/m0/s1. The first kappa shape index (κ1) is 18.1. The molecule has 3 aromatic rings. The summed E-state index contributed by atoms with van der Waals surface area (Å²) in [5.41, 5.74) is 7.88. The molecule has 0 unspecified atom stereocenters. The summed E-state index contributed by atoms with van der Waals surface area (Å²) < 4.78 is 0. The number of anilines is 3. The second kappa shape index (κ2) is 8.12. The lowest BCUT2D eigenvalue weighted by atomic mass is 10.1. The molecule has 6 nitrogen and oxygen atoms in total. The van der Waals surface area contributed by atoms with E-state index in [0.717, 1.165) is 16.3 Å². The van der Waals surface area contributed by atoms with Crippen LogP contribution in [0.2, 0.25) is 5.02 Å². The van der Waals surface area contributed by atoms with Gasteiger partial charge < -0.3 is 16.4 Å². The topological polar surface area (TPSA) is 88.8 Å². The van der Waals surface area contributed by atoms with E-state index >= 15 is 0 Å².